The number of ketones is 1. The van der Waals surface area contributed by atoms with E-state index in [1.807, 2.05) is 22.6 Å². The summed E-state index contributed by atoms with van der Waals surface area (Å²) in [6.45, 7) is 0. The lowest BCUT2D eigenvalue weighted by Gasteiger charge is -2.11. The molecule has 0 spiro atoms. The molecule has 0 saturated heterocycles. The molecule has 0 amide bonds. The van der Waals surface area contributed by atoms with Crippen molar-refractivity contribution in [1.29, 1.82) is 0 Å². The summed E-state index contributed by atoms with van der Waals surface area (Å²) in [5.41, 5.74) is 0.252. The number of benzene rings is 1. The Hall–Kier alpha value is -1.09. The second-order valence-corrected chi connectivity index (χ2v) is 6.32. The Bertz CT molecular complexity index is 607. The summed E-state index contributed by atoms with van der Waals surface area (Å²) in [4.78, 5) is 12.1. The molecule has 0 aliphatic heterocycles. The molecule has 2 rings (SSSR count). The number of para-hydroxylation sites is 1. The number of halogens is 4. The first-order valence-corrected chi connectivity index (χ1v) is 6.96. The van der Waals surface area contributed by atoms with Crippen molar-refractivity contribution in [1.82, 2.24) is 0 Å². The highest BCUT2D eigenvalue weighted by atomic mass is 127. The van der Waals surface area contributed by atoms with Crippen LogP contribution in [-0.4, -0.2) is 12.1 Å². The normalized spacial score (nSPS) is 11.4. The van der Waals surface area contributed by atoms with Crippen molar-refractivity contribution in [2.45, 2.75) is 6.36 Å². The lowest BCUT2D eigenvalue weighted by molar-refractivity contribution is -0.274. The number of carbonyl (C=O) groups excluding carboxylic acids is 1. The minimum Gasteiger partial charge on any atom is -0.405 e. The second kappa shape index (κ2) is 5.49. The first-order chi connectivity index (χ1) is 8.87. The third kappa shape index (κ3) is 3.69. The number of rotatable bonds is 3. The molecule has 0 aliphatic rings. The Kier molecular flexibility index (Phi) is 4.14. The van der Waals surface area contributed by atoms with Gasteiger partial charge >= 0.3 is 6.36 Å². The predicted molar refractivity (Wildman–Crippen MR) is 73.6 cm³/mol. The van der Waals surface area contributed by atoms with Gasteiger partial charge in [-0.2, -0.15) is 0 Å². The highest BCUT2D eigenvalue weighted by Crippen LogP contribution is 2.29. The van der Waals surface area contributed by atoms with Gasteiger partial charge in [-0.05, 0) is 40.8 Å². The Morgan fingerprint density at radius 3 is 2.53 bits per heavy atom. The maximum atomic E-state index is 12.3. The maximum Gasteiger partial charge on any atom is 0.573 e. The van der Waals surface area contributed by atoms with Crippen LogP contribution in [0.3, 0.4) is 0 Å². The fourth-order valence-corrected chi connectivity index (χ4v) is 2.78. The van der Waals surface area contributed by atoms with E-state index in [0.29, 0.717) is 5.56 Å². The number of carbonyl (C=O) groups is 1. The van der Waals surface area contributed by atoms with Gasteiger partial charge < -0.3 is 4.74 Å². The molecule has 100 valence electrons. The molecule has 1 aromatic carbocycles. The zero-order valence-corrected chi connectivity index (χ0v) is 12.2. The average Bonchev–Trinajstić information content (AvgIpc) is 2.74. The maximum absolute atomic E-state index is 12.3. The number of thiophene rings is 1. The summed E-state index contributed by atoms with van der Waals surface area (Å²) in [6, 6.07) is 6.94. The number of alkyl halides is 3. The van der Waals surface area contributed by atoms with E-state index in [0.717, 1.165) is 8.95 Å². The molecule has 0 fully saturated rings. The van der Waals surface area contributed by atoms with E-state index in [-0.39, 0.29) is 5.56 Å². The van der Waals surface area contributed by atoms with Crippen molar-refractivity contribution in [3.05, 3.63) is 49.7 Å². The molecular formula is C12H6F3IO2S. The minimum atomic E-state index is -4.82. The van der Waals surface area contributed by atoms with Gasteiger partial charge in [0.05, 0.1) is 8.45 Å². The molecule has 0 radical (unpaired) electrons. The molecule has 1 aromatic heterocycles. The van der Waals surface area contributed by atoms with Gasteiger partial charge in [-0.1, -0.05) is 12.1 Å². The molecule has 0 unspecified atom stereocenters. The summed E-state index contributed by atoms with van der Waals surface area (Å²) in [6.07, 6.45) is -4.82. The third-order valence-corrected chi connectivity index (χ3v) is 3.98. The van der Waals surface area contributed by atoms with Crippen LogP contribution in [0.4, 0.5) is 13.2 Å². The number of hydrogen-bond acceptors (Lipinski definition) is 3. The van der Waals surface area contributed by atoms with Crippen LogP contribution in [-0.2, 0) is 0 Å². The molecule has 0 bridgehead atoms. The summed E-state index contributed by atoms with van der Waals surface area (Å²) in [5, 5.41) is 1.61. The van der Waals surface area contributed by atoms with E-state index in [9.17, 15) is 18.0 Å². The fourth-order valence-electron chi connectivity index (χ4n) is 1.45. The van der Waals surface area contributed by atoms with Crippen molar-refractivity contribution in [2.75, 3.05) is 0 Å². The molecule has 0 aliphatic carbocycles. The van der Waals surface area contributed by atoms with E-state index >= 15 is 0 Å². The fraction of sp³-hybridized carbons (Fsp3) is 0.0833. The average molecular weight is 398 g/mol. The van der Waals surface area contributed by atoms with Gasteiger partial charge in [-0.15, -0.1) is 24.5 Å². The van der Waals surface area contributed by atoms with E-state index in [2.05, 4.69) is 4.74 Å². The number of hydrogen-bond donors (Lipinski definition) is 0. The van der Waals surface area contributed by atoms with Crippen molar-refractivity contribution in [3.8, 4) is 5.75 Å². The van der Waals surface area contributed by atoms with Crippen LogP contribution in [0.5, 0.6) is 5.75 Å². The first kappa shape index (κ1) is 14.3. The Balaban J connectivity index is 2.37. The van der Waals surface area contributed by atoms with Gasteiger partial charge in [0.1, 0.15) is 5.75 Å². The molecular weight excluding hydrogens is 392 g/mol. The van der Waals surface area contributed by atoms with Gasteiger partial charge in [-0.3, -0.25) is 4.79 Å². The topological polar surface area (TPSA) is 26.3 Å². The van der Waals surface area contributed by atoms with Gasteiger partial charge in [0.2, 0.25) is 0 Å². The summed E-state index contributed by atoms with van der Waals surface area (Å²) in [7, 11) is 0. The van der Waals surface area contributed by atoms with Gasteiger partial charge in [0.25, 0.3) is 0 Å². The Morgan fingerprint density at radius 2 is 1.95 bits per heavy atom. The van der Waals surface area contributed by atoms with Crippen LogP contribution in [0.15, 0.2) is 35.7 Å². The molecule has 0 saturated carbocycles. The minimum absolute atomic E-state index is 0.103. The van der Waals surface area contributed by atoms with Crippen LogP contribution in [0.25, 0.3) is 0 Å². The molecule has 2 aromatic rings. The predicted octanol–water partition coefficient (Wildman–Crippen LogP) is 4.48. The van der Waals surface area contributed by atoms with Crippen molar-refractivity contribution in [3.63, 3.8) is 0 Å². The number of ether oxygens (including phenoxy) is 1. The Morgan fingerprint density at radius 1 is 1.26 bits per heavy atom. The van der Waals surface area contributed by atoms with Crippen molar-refractivity contribution < 1.29 is 22.7 Å². The van der Waals surface area contributed by atoms with Crippen LogP contribution < -0.4 is 4.74 Å². The molecule has 7 heteroatoms. The van der Waals surface area contributed by atoms with Gasteiger partial charge in [0.15, 0.2) is 5.78 Å². The first-order valence-electron chi connectivity index (χ1n) is 5.00. The SMILES string of the molecule is O=C(c1csc(I)c1)c1ccccc1OC(F)(F)F. The summed E-state index contributed by atoms with van der Waals surface area (Å²) >= 11 is 3.39. The van der Waals surface area contributed by atoms with Gasteiger partial charge in [0, 0.05) is 10.9 Å². The molecule has 1 heterocycles. The van der Waals surface area contributed by atoms with E-state index < -0.39 is 17.9 Å². The quantitative estimate of drug-likeness (QED) is 0.563. The van der Waals surface area contributed by atoms with Crippen LogP contribution in [0, 0.1) is 2.88 Å². The molecule has 0 atom stereocenters. The van der Waals surface area contributed by atoms with E-state index in [1.54, 1.807) is 11.4 Å². The van der Waals surface area contributed by atoms with E-state index in [1.165, 1.54) is 29.5 Å². The van der Waals surface area contributed by atoms with Crippen molar-refractivity contribution >= 4 is 39.7 Å². The zero-order chi connectivity index (χ0) is 14.0. The molecule has 19 heavy (non-hydrogen) atoms. The lowest BCUT2D eigenvalue weighted by Crippen LogP contribution is -2.19. The zero-order valence-electron chi connectivity index (χ0n) is 9.20. The van der Waals surface area contributed by atoms with Crippen LogP contribution >= 0.6 is 33.9 Å². The highest BCUT2D eigenvalue weighted by molar-refractivity contribution is 14.1. The lowest BCUT2D eigenvalue weighted by atomic mass is 10.1. The molecule has 2 nitrogen and oxygen atoms in total. The third-order valence-electron chi connectivity index (χ3n) is 2.19. The highest BCUT2D eigenvalue weighted by Gasteiger charge is 2.33. The summed E-state index contributed by atoms with van der Waals surface area (Å²) < 4.78 is 41.5. The largest absolute Gasteiger partial charge is 0.573 e. The Labute approximate surface area is 124 Å². The van der Waals surface area contributed by atoms with Crippen molar-refractivity contribution in [2.24, 2.45) is 0 Å². The second-order valence-electron chi connectivity index (χ2n) is 3.51. The smallest absolute Gasteiger partial charge is 0.405 e. The summed E-state index contributed by atoms with van der Waals surface area (Å²) in [5.74, 6) is -0.972. The van der Waals surface area contributed by atoms with Crippen LogP contribution in [0.1, 0.15) is 15.9 Å². The van der Waals surface area contributed by atoms with Crippen LogP contribution in [0.2, 0.25) is 0 Å². The molecule has 0 N–H and O–H groups in total. The van der Waals surface area contributed by atoms with E-state index in [4.69, 9.17) is 0 Å². The monoisotopic (exact) mass is 398 g/mol. The standard InChI is InChI=1S/C12H6F3IO2S/c13-12(14,15)18-9-4-2-1-3-8(9)11(17)7-5-10(16)19-6-7/h1-6H. The van der Waals surface area contributed by atoms with Gasteiger partial charge in [-0.25, -0.2) is 0 Å².